The summed E-state index contributed by atoms with van der Waals surface area (Å²) in [4.78, 5) is 18.6. The average Bonchev–Trinajstić information content (AvgIpc) is 1.89. The summed E-state index contributed by atoms with van der Waals surface area (Å²) in [5.74, 6) is -1.19. The minimum absolute atomic E-state index is 1.10. The monoisotopic (exact) mass is 166 g/mol. The van der Waals surface area contributed by atoms with Crippen molar-refractivity contribution in [3.8, 4) is 0 Å². The first-order valence-electron chi connectivity index (χ1n) is 2.59. The summed E-state index contributed by atoms with van der Waals surface area (Å²) in [7, 11) is 1.10. The second kappa shape index (κ2) is 6.81. The average molecular weight is 166 g/mol. The van der Waals surface area contributed by atoms with Crippen LogP contribution in [0.5, 0.6) is 0 Å². The Labute approximate surface area is 63.0 Å². The lowest BCUT2D eigenvalue weighted by atomic mass is 10.4. The second-order valence-corrected chi connectivity index (χ2v) is 1.48. The van der Waals surface area contributed by atoms with Gasteiger partial charge in [-0.1, -0.05) is 0 Å². The van der Waals surface area contributed by atoms with Crippen molar-refractivity contribution < 1.29 is 29.6 Å². The Kier molecular flexibility index (Phi) is 7.67. The van der Waals surface area contributed by atoms with Crippen molar-refractivity contribution in [2.24, 2.45) is 0 Å². The molecule has 0 rings (SSSR count). The number of carboxylic acids is 1. The highest BCUT2D eigenvalue weighted by Crippen LogP contribution is 1.73. The smallest absolute Gasteiger partial charge is 0.479 e. The number of aliphatic carboxylic acids is 1. The van der Waals surface area contributed by atoms with Crippen molar-refractivity contribution in [2.45, 2.75) is 13.0 Å². The molecule has 1 atom stereocenters. The number of carboxylic acid groups (broad SMARTS) is 2. The van der Waals surface area contributed by atoms with E-state index in [-0.39, 0.29) is 0 Å². The summed E-state index contributed by atoms with van der Waals surface area (Å²) in [5, 5.41) is 23.3. The maximum Gasteiger partial charge on any atom is 0.505 e. The number of hydrogen-bond donors (Lipinski definition) is 3. The first-order chi connectivity index (χ1) is 4.91. The molecule has 3 N–H and O–H groups in total. The molecule has 0 unspecified atom stereocenters. The molecular formula is C5H10O6. The molecule has 66 valence electrons. The number of ether oxygens (including phenoxy) is 1. The maximum absolute atomic E-state index is 9.45. The summed E-state index contributed by atoms with van der Waals surface area (Å²) in [5.41, 5.74) is 0. The van der Waals surface area contributed by atoms with Crippen LogP contribution in [0.3, 0.4) is 0 Å². The summed E-state index contributed by atoms with van der Waals surface area (Å²) in [6.45, 7) is 1.20. The molecule has 0 bridgehead atoms. The fourth-order valence-electron chi connectivity index (χ4n) is 0. The van der Waals surface area contributed by atoms with Gasteiger partial charge in [-0.15, -0.1) is 0 Å². The van der Waals surface area contributed by atoms with Crippen molar-refractivity contribution >= 4 is 12.1 Å². The Balaban J connectivity index is 0. The zero-order chi connectivity index (χ0) is 9.44. The molecule has 0 aromatic rings. The molecule has 0 saturated carbocycles. The molecule has 0 radical (unpaired) electrons. The number of rotatable bonds is 1. The van der Waals surface area contributed by atoms with Crippen molar-refractivity contribution in [1.29, 1.82) is 0 Å². The Morgan fingerprint density at radius 3 is 1.55 bits per heavy atom. The highest BCUT2D eigenvalue weighted by atomic mass is 16.6. The van der Waals surface area contributed by atoms with E-state index in [0.29, 0.717) is 0 Å². The SMILES string of the molecule is COC(=O)O.C[C@H](O)C(=O)O. The van der Waals surface area contributed by atoms with Gasteiger partial charge in [-0.25, -0.2) is 9.59 Å². The van der Waals surface area contributed by atoms with Crippen LogP contribution in [0.4, 0.5) is 4.79 Å². The van der Waals surface area contributed by atoms with Crippen LogP contribution >= 0.6 is 0 Å². The molecule has 0 aliphatic rings. The lowest BCUT2D eigenvalue weighted by Gasteiger charge is -1.89. The Bertz CT molecular complexity index is 129. The molecule has 0 saturated heterocycles. The Hall–Kier alpha value is -1.30. The number of carbonyl (C=O) groups is 2. The molecule has 6 heteroatoms. The van der Waals surface area contributed by atoms with Crippen LogP contribution in [0.2, 0.25) is 0 Å². The standard InChI is InChI=1S/C3H6O3.C2H4O3/c1-2(4)3(5)6;1-5-2(3)4/h2,4H,1H3,(H,5,6);1H3,(H,3,4)/t2-;/m0./s1. The number of aliphatic hydroxyl groups is 1. The Morgan fingerprint density at radius 1 is 1.36 bits per heavy atom. The fourth-order valence-corrected chi connectivity index (χ4v) is 0. The molecule has 11 heavy (non-hydrogen) atoms. The van der Waals surface area contributed by atoms with Gasteiger partial charge in [-0.2, -0.15) is 0 Å². The summed E-state index contributed by atoms with van der Waals surface area (Å²) in [6, 6.07) is 0. The molecule has 0 aliphatic heterocycles. The van der Waals surface area contributed by atoms with E-state index in [1.165, 1.54) is 6.92 Å². The molecule has 0 aromatic carbocycles. The molecule has 0 aromatic heterocycles. The van der Waals surface area contributed by atoms with E-state index >= 15 is 0 Å². The number of hydrogen-bond acceptors (Lipinski definition) is 4. The largest absolute Gasteiger partial charge is 0.505 e. The second-order valence-electron chi connectivity index (χ2n) is 1.48. The highest BCUT2D eigenvalue weighted by Gasteiger charge is 2.01. The van der Waals surface area contributed by atoms with Gasteiger partial charge in [0.1, 0.15) is 6.10 Å². The predicted molar refractivity (Wildman–Crippen MR) is 34.4 cm³/mol. The molecule has 0 heterocycles. The van der Waals surface area contributed by atoms with E-state index in [4.69, 9.17) is 20.1 Å². The van der Waals surface area contributed by atoms with Gasteiger partial charge in [0.05, 0.1) is 7.11 Å². The van der Waals surface area contributed by atoms with Crippen LogP contribution in [0.15, 0.2) is 0 Å². The van der Waals surface area contributed by atoms with Gasteiger partial charge < -0.3 is 20.1 Å². The van der Waals surface area contributed by atoms with Crippen molar-refractivity contribution in [2.75, 3.05) is 7.11 Å². The van der Waals surface area contributed by atoms with Gasteiger partial charge in [0, 0.05) is 0 Å². The van der Waals surface area contributed by atoms with Crippen LogP contribution in [-0.2, 0) is 9.53 Å². The molecule has 0 fully saturated rings. The zero-order valence-electron chi connectivity index (χ0n) is 6.14. The third-order valence-electron chi connectivity index (χ3n) is 0.532. The van der Waals surface area contributed by atoms with E-state index in [1.807, 2.05) is 0 Å². The summed E-state index contributed by atoms with van der Waals surface area (Å²) >= 11 is 0. The van der Waals surface area contributed by atoms with Crippen molar-refractivity contribution in [3.05, 3.63) is 0 Å². The lowest BCUT2D eigenvalue weighted by Crippen LogP contribution is -2.13. The number of aliphatic hydroxyl groups excluding tert-OH is 1. The molecular weight excluding hydrogens is 156 g/mol. The van der Waals surface area contributed by atoms with Crippen LogP contribution in [0, 0.1) is 0 Å². The van der Waals surface area contributed by atoms with Gasteiger partial charge in [0.25, 0.3) is 0 Å². The first kappa shape index (κ1) is 12.4. The molecule has 0 amide bonds. The van der Waals surface area contributed by atoms with E-state index in [1.54, 1.807) is 0 Å². The Morgan fingerprint density at radius 2 is 1.55 bits per heavy atom. The quantitative estimate of drug-likeness (QED) is 0.464. The molecule has 0 aliphatic carbocycles. The normalized spacial score (nSPS) is 10.5. The van der Waals surface area contributed by atoms with Gasteiger partial charge in [0.15, 0.2) is 0 Å². The van der Waals surface area contributed by atoms with Crippen LogP contribution in [0.25, 0.3) is 0 Å². The van der Waals surface area contributed by atoms with Crippen molar-refractivity contribution in [1.82, 2.24) is 0 Å². The van der Waals surface area contributed by atoms with E-state index in [2.05, 4.69) is 4.74 Å². The highest BCUT2D eigenvalue weighted by molar-refractivity contribution is 5.71. The van der Waals surface area contributed by atoms with Crippen LogP contribution < -0.4 is 0 Å². The van der Waals surface area contributed by atoms with Crippen LogP contribution in [0.1, 0.15) is 6.92 Å². The molecule has 6 nitrogen and oxygen atoms in total. The van der Waals surface area contributed by atoms with E-state index in [9.17, 15) is 4.79 Å². The number of methoxy groups -OCH3 is 1. The fraction of sp³-hybridized carbons (Fsp3) is 0.600. The molecule has 0 spiro atoms. The minimum atomic E-state index is -1.25. The maximum atomic E-state index is 9.45. The van der Waals surface area contributed by atoms with Gasteiger partial charge in [-0.05, 0) is 6.92 Å². The van der Waals surface area contributed by atoms with Gasteiger partial charge in [0.2, 0.25) is 0 Å². The topological polar surface area (TPSA) is 104 Å². The van der Waals surface area contributed by atoms with Gasteiger partial charge in [-0.3, -0.25) is 0 Å². The lowest BCUT2D eigenvalue weighted by molar-refractivity contribution is -0.145. The zero-order valence-corrected chi connectivity index (χ0v) is 6.14. The summed E-state index contributed by atoms with van der Waals surface area (Å²) < 4.78 is 3.67. The van der Waals surface area contributed by atoms with Gasteiger partial charge >= 0.3 is 12.1 Å². The third-order valence-corrected chi connectivity index (χ3v) is 0.532. The van der Waals surface area contributed by atoms with Crippen molar-refractivity contribution in [3.63, 3.8) is 0 Å². The minimum Gasteiger partial charge on any atom is -0.479 e. The third kappa shape index (κ3) is 17.7. The van der Waals surface area contributed by atoms with E-state index < -0.39 is 18.2 Å². The van der Waals surface area contributed by atoms with E-state index in [0.717, 1.165) is 7.11 Å². The summed E-state index contributed by atoms with van der Waals surface area (Å²) in [6.07, 6.45) is -2.48. The first-order valence-corrected chi connectivity index (χ1v) is 2.59. The predicted octanol–water partition coefficient (Wildman–Crippen LogP) is -0.237. The van der Waals surface area contributed by atoms with Crippen LogP contribution in [-0.4, -0.2) is 40.7 Å².